The van der Waals surface area contributed by atoms with Crippen LogP contribution in [0.5, 0.6) is 0 Å². The number of alkyl halides is 1. The first-order chi connectivity index (χ1) is 16.9. The summed E-state index contributed by atoms with van der Waals surface area (Å²) >= 11 is 0. The molecule has 35 heavy (non-hydrogen) atoms. The molecule has 3 N–H and O–H groups in total. The van der Waals surface area contributed by atoms with Gasteiger partial charge in [0.2, 0.25) is 0 Å². The van der Waals surface area contributed by atoms with Gasteiger partial charge in [-0.1, -0.05) is 67.3 Å². The van der Waals surface area contributed by atoms with Crippen LogP contribution in [-0.2, 0) is 20.7 Å². The van der Waals surface area contributed by atoms with Gasteiger partial charge < -0.3 is 24.8 Å². The second-order valence-electron chi connectivity index (χ2n) is 8.14. The molecule has 7 heteroatoms. The first-order valence-electron chi connectivity index (χ1n) is 11.5. The molecule has 192 valence electrons. The summed E-state index contributed by atoms with van der Waals surface area (Å²) in [5.74, 6) is -0.922. The van der Waals surface area contributed by atoms with Gasteiger partial charge in [0.05, 0.1) is 32.1 Å². The first kappa shape index (κ1) is 30.2. The highest BCUT2D eigenvalue weighted by Crippen LogP contribution is 2.24. The van der Waals surface area contributed by atoms with Crippen LogP contribution in [0.2, 0.25) is 0 Å². The highest BCUT2D eigenvalue weighted by atomic mass is 19.1. The molecule has 2 aromatic carbocycles. The smallest absolute Gasteiger partial charge is 0.335 e. The van der Waals surface area contributed by atoms with Gasteiger partial charge in [0.1, 0.15) is 13.4 Å². The molecule has 0 aliphatic rings. The summed E-state index contributed by atoms with van der Waals surface area (Å²) in [4.78, 5) is 11.7. The molecule has 0 aromatic heterocycles. The average Bonchev–Trinajstić information content (AvgIpc) is 2.89. The maximum absolute atomic E-state index is 12.2. The van der Waals surface area contributed by atoms with E-state index in [1.165, 1.54) is 5.56 Å². The van der Waals surface area contributed by atoms with Crippen LogP contribution < -0.4 is 0 Å². The average molecular weight is 489 g/mol. The van der Waals surface area contributed by atoms with E-state index in [1.807, 2.05) is 24.3 Å². The third kappa shape index (κ3) is 11.9. The molecule has 2 rings (SSSR count). The standard InChI is InChI=1S/C24H29FO5.C4H8O/c1-18(14-26)24(28)30-16-23(15-29-17-27)22-11-9-21(10-12-22)20-7-5-19(6-8-20)4-2-3-13-25;1-4(2)3-5/h5-12,23,26-27H,1-4,13-17H2;5H,1,3H2,2H3. The Kier molecular flexibility index (Phi) is 15.2. The molecule has 0 saturated carbocycles. The van der Waals surface area contributed by atoms with Gasteiger partial charge in [0.15, 0.2) is 0 Å². The second kappa shape index (κ2) is 17.6. The normalized spacial score (nSPS) is 11.2. The maximum Gasteiger partial charge on any atom is 0.335 e. The monoisotopic (exact) mass is 488 g/mol. The minimum absolute atomic E-state index is 0.0136. The van der Waals surface area contributed by atoms with E-state index in [0.717, 1.165) is 35.1 Å². The number of esters is 1. The predicted molar refractivity (Wildman–Crippen MR) is 136 cm³/mol. The van der Waals surface area contributed by atoms with E-state index < -0.39 is 19.4 Å². The topological polar surface area (TPSA) is 96.2 Å². The maximum atomic E-state index is 12.2. The van der Waals surface area contributed by atoms with E-state index in [0.29, 0.717) is 6.42 Å². The van der Waals surface area contributed by atoms with Crippen LogP contribution in [0, 0.1) is 0 Å². The minimum atomic E-state index is -0.658. The number of hydrogen-bond donors (Lipinski definition) is 3. The lowest BCUT2D eigenvalue weighted by Gasteiger charge is -2.18. The third-order valence-electron chi connectivity index (χ3n) is 5.09. The van der Waals surface area contributed by atoms with Crippen LogP contribution in [0.4, 0.5) is 4.39 Å². The number of aliphatic hydroxyl groups excluding tert-OH is 3. The molecule has 6 nitrogen and oxygen atoms in total. The Labute approximate surface area is 207 Å². The lowest BCUT2D eigenvalue weighted by atomic mass is 9.96. The van der Waals surface area contributed by atoms with Crippen molar-refractivity contribution in [2.24, 2.45) is 0 Å². The van der Waals surface area contributed by atoms with E-state index in [-0.39, 0.29) is 38.0 Å². The molecule has 0 spiro atoms. The van der Waals surface area contributed by atoms with Crippen LogP contribution >= 0.6 is 0 Å². The Balaban J connectivity index is 0.00000111. The number of rotatable bonds is 14. The SMILES string of the molecule is C=C(C)CO.C=C(CO)C(=O)OCC(COCO)c1ccc(-c2ccc(CCCCF)cc2)cc1. The zero-order valence-corrected chi connectivity index (χ0v) is 20.4. The van der Waals surface area contributed by atoms with Crippen molar-refractivity contribution < 1.29 is 34.0 Å². The van der Waals surface area contributed by atoms with Crippen LogP contribution in [-0.4, -0.2) is 61.2 Å². The summed E-state index contributed by atoms with van der Waals surface area (Å²) in [6.07, 6.45) is 2.31. The number of hydrogen-bond acceptors (Lipinski definition) is 6. The highest BCUT2D eigenvalue weighted by Gasteiger charge is 2.16. The lowest BCUT2D eigenvalue weighted by Crippen LogP contribution is -2.19. The van der Waals surface area contributed by atoms with Crippen molar-refractivity contribution in [3.05, 3.63) is 84.0 Å². The van der Waals surface area contributed by atoms with Gasteiger partial charge in [-0.05, 0) is 48.4 Å². The van der Waals surface area contributed by atoms with Gasteiger partial charge in [-0.3, -0.25) is 4.39 Å². The van der Waals surface area contributed by atoms with Crippen molar-refractivity contribution in [3.63, 3.8) is 0 Å². The Morgan fingerprint density at radius 1 is 0.914 bits per heavy atom. The number of aliphatic hydroxyl groups is 3. The van der Waals surface area contributed by atoms with Crippen molar-refractivity contribution in [1.29, 1.82) is 0 Å². The largest absolute Gasteiger partial charge is 0.462 e. The number of carbonyl (C=O) groups is 1. The van der Waals surface area contributed by atoms with Crippen molar-refractivity contribution in [1.82, 2.24) is 0 Å². The van der Waals surface area contributed by atoms with E-state index in [2.05, 4.69) is 37.4 Å². The number of ether oxygens (including phenoxy) is 2. The van der Waals surface area contributed by atoms with E-state index in [9.17, 15) is 9.18 Å². The fourth-order valence-corrected chi connectivity index (χ4v) is 3.01. The third-order valence-corrected chi connectivity index (χ3v) is 5.09. The Morgan fingerprint density at radius 2 is 1.49 bits per heavy atom. The van der Waals surface area contributed by atoms with Crippen molar-refractivity contribution in [2.45, 2.75) is 32.1 Å². The molecule has 0 aliphatic heterocycles. The van der Waals surface area contributed by atoms with Crippen molar-refractivity contribution in [2.75, 3.05) is 39.9 Å². The molecular weight excluding hydrogens is 451 g/mol. The fourth-order valence-electron chi connectivity index (χ4n) is 3.01. The molecule has 0 radical (unpaired) electrons. The summed E-state index contributed by atoms with van der Waals surface area (Å²) in [6, 6.07) is 16.1. The van der Waals surface area contributed by atoms with Gasteiger partial charge >= 0.3 is 5.97 Å². The zero-order chi connectivity index (χ0) is 26.1. The minimum Gasteiger partial charge on any atom is -0.462 e. The lowest BCUT2D eigenvalue weighted by molar-refractivity contribution is -0.140. The molecule has 0 heterocycles. The van der Waals surface area contributed by atoms with Gasteiger partial charge in [-0.2, -0.15) is 0 Å². The molecular formula is C28H37FO6. The van der Waals surface area contributed by atoms with E-state index in [4.69, 9.17) is 24.8 Å². The Morgan fingerprint density at radius 3 is 1.97 bits per heavy atom. The van der Waals surface area contributed by atoms with Crippen LogP contribution in [0.3, 0.4) is 0 Å². The van der Waals surface area contributed by atoms with Gasteiger partial charge in [0.25, 0.3) is 0 Å². The number of halogens is 1. The van der Waals surface area contributed by atoms with Gasteiger partial charge in [0, 0.05) is 5.92 Å². The molecule has 1 unspecified atom stereocenters. The summed E-state index contributed by atoms with van der Waals surface area (Å²) in [5, 5.41) is 26.0. The first-order valence-corrected chi connectivity index (χ1v) is 11.5. The van der Waals surface area contributed by atoms with Crippen molar-refractivity contribution >= 4 is 5.97 Å². The van der Waals surface area contributed by atoms with Crippen LogP contribution in [0.1, 0.15) is 36.8 Å². The molecule has 2 aromatic rings. The Bertz CT molecular complexity index is 893. The van der Waals surface area contributed by atoms with Crippen LogP contribution in [0.25, 0.3) is 11.1 Å². The molecule has 0 fully saturated rings. The molecule has 0 saturated heterocycles. The Hall–Kier alpha value is -2.84. The number of unbranched alkanes of at least 4 members (excludes halogenated alkanes) is 1. The van der Waals surface area contributed by atoms with Gasteiger partial charge in [-0.25, -0.2) is 4.79 Å². The van der Waals surface area contributed by atoms with E-state index >= 15 is 0 Å². The number of aryl methyl sites for hydroxylation is 1. The predicted octanol–water partition coefficient (Wildman–Crippen LogP) is 4.34. The summed E-state index contributed by atoms with van der Waals surface area (Å²) in [6.45, 7) is 7.83. The quantitative estimate of drug-likeness (QED) is 0.120. The molecule has 0 bridgehead atoms. The van der Waals surface area contributed by atoms with Crippen molar-refractivity contribution in [3.8, 4) is 11.1 Å². The van der Waals surface area contributed by atoms with Crippen LogP contribution in [0.15, 0.2) is 72.8 Å². The highest BCUT2D eigenvalue weighted by molar-refractivity contribution is 5.87. The second-order valence-corrected chi connectivity index (χ2v) is 8.14. The molecule has 0 aliphatic carbocycles. The molecule has 1 atom stereocenters. The molecule has 0 amide bonds. The fraction of sp³-hybridized carbons (Fsp3) is 0.393. The summed E-state index contributed by atoms with van der Waals surface area (Å²) < 4.78 is 22.5. The van der Waals surface area contributed by atoms with E-state index in [1.54, 1.807) is 6.92 Å². The summed E-state index contributed by atoms with van der Waals surface area (Å²) in [7, 11) is 0. The van der Waals surface area contributed by atoms with Gasteiger partial charge in [-0.15, -0.1) is 0 Å². The number of carbonyl (C=O) groups excluding carboxylic acids is 1. The number of benzene rings is 2. The zero-order valence-electron chi connectivity index (χ0n) is 20.4. The summed E-state index contributed by atoms with van der Waals surface area (Å²) in [5.41, 5.74) is 5.00.